The van der Waals surface area contributed by atoms with Crippen LogP contribution in [-0.4, -0.2) is 17.7 Å². The Bertz CT molecular complexity index is 848. The van der Waals surface area contributed by atoms with Crippen LogP contribution in [0.2, 0.25) is 0 Å². The van der Waals surface area contributed by atoms with Crippen LogP contribution < -0.4 is 14.2 Å². The maximum absolute atomic E-state index is 12.3. The SMILES string of the molecule is O=C(Oc1ccc(Br)cc1/C=C/[N+](=O)[O-])c1ccc2c(c1)OCO2. The van der Waals surface area contributed by atoms with E-state index in [0.717, 1.165) is 6.20 Å². The summed E-state index contributed by atoms with van der Waals surface area (Å²) in [5.74, 6) is 0.629. The summed E-state index contributed by atoms with van der Waals surface area (Å²) in [4.78, 5) is 22.2. The highest BCUT2D eigenvalue weighted by Gasteiger charge is 2.18. The number of benzene rings is 2. The van der Waals surface area contributed by atoms with Crippen LogP contribution in [0.25, 0.3) is 6.08 Å². The molecule has 1 heterocycles. The molecule has 8 heteroatoms. The summed E-state index contributed by atoms with van der Waals surface area (Å²) in [7, 11) is 0. The Hall–Kier alpha value is -2.87. The van der Waals surface area contributed by atoms with Gasteiger partial charge in [-0.15, -0.1) is 0 Å². The molecule has 1 aliphatic heterocycles. The monoisotopic (exact) mass is 391 g/mol. The Morgan fingerprint density at radius 2 is 2.00 bits per heavy atom. The molecule has 0 saturated heterocycles. The van der Waals surface area contributed by atoms with E-state index in [4.69, 9.17) is 14.2 Å². The van der Waals surface area contributed by atoms with Crippen LogP contribution in [0.5, 0.6) is 17.2 Å². The molecule has 0 N–H and O–H groups in total. The van der Waals surface area contributed by atoms with Crippen LogP contribution in [-0.2, 0) is 0 Å². The van der Waals surface area contributed by atoms with Crippen molar-refractivity contribution in [2.75, 3.05) is 6.79 Å². The third-order valence-electron chi connectivity index (χ3n) is 3.16. The molecular weight excluding hydrogens is 382 g/mol. The Kier molecular flexibility index (Phi) is 4.48. The van der Waals surface area contributed by atoms with Gasteiger partial charge in [0.25, 0.3) is 0 Å². The van der Waals surface area contributed by atoms with Gasteiger partial charge in [-0.3, -0.25) is 10.1 Å². The van der Waals surface area contributed by atoms with Crippen LogP contribution in [0.15, 0.2) is 47.1 Å². The highest BCUT2D eigenvalue weighted by Crippen LogP contribution is 2.33. The molecule has 0 unspecified atom stereocenters. The van der Waals surface area contributed by atoms with Gasteiger partial charge >= 0.3 is 5.97 Å². The molecule has 0 radical (unpaired) electrons. The van der Waals surface area contributed by atoms with Crippen molar-refractivity contribution in [3.05, 3.63) is 68.3 Å². The van der Waals surface area contributed by atoms with Crippen molar-refractivity contribution in [3.63, 3.8) is 0 Å². The highest BCUT2D eigenvalue weighted by molar-refractivity contribution is 9.10. The van der Waals surface area contributed by atoms with Gasteiger partial charge in [0.15, 0.2) is 11.5 Å². The lowest BCUT2D eigenvalue weighted by Crippen LogP contribution is -2.09. The summed E-state index contributed by atoms with van der Waals surface area (Å²) in [5, 5.41) is 10.5. The standard InChI is InChI=1S/C16H10BrNO6/c17-12-2-4-13(10(7-12)5-6-18(20)21)24-16(19)11-1-3-14-15(8-11)23-9-22-14/h1-8H,9H2/b6-5+. The first kappa shape index (κ1) is 16.0. The second kappa shape index (κ2) is 6.71. The highest BCUT2D eigenvalue weighted by atomic mass is 79.9. The van der Waals surface area contributed by atoms with Gasteiger partial charge < -0.3 is 14.2 Å². The first-order chi connectivity index (χ1) is 11.5. The molecule has 7 nitrogen and oxygen atoms in total. The van der Waals surface area contributed by atoms with Crippen LogP contribution in [0.1, 0.15) is 15.9 Å². The molecule has 1 aliphatic rings. The van der Waals surface area contributed by atoms with Gasteiger partial charge in [-0.25, -0.2) is 4.79 Å². The van der Waals surface area contributed by atoms with Crippen molar-refractivity contribution in [2.45, 2.75) is 0 Å². The van der Waals surface area contributed by atoms with Crippen molar-refractivity contribution < 1.29 is 23.9 Å². The largest absolute Gasteiger partial charge is 0.454 e. The molecule has 0 atom stereocenters. The summed E-state index contributed by atoms with van der Waals surface area (Å²) < 4.78 is 16.5. The molecular formula is C16H10BrNO6. The molecule has 2 aromatic rings. The van der Waals surface area contributed by atoms with E-state index in [2.05, 4.69) is 15.9 Å². The summed E-state index contributed by atoms with van der Waals surface area (Å²) >= 11 is 3.27. The quantitative estimate of drug-likeness (QED) is 0.342. The Labute approximate surface area is 144 Å². The van der Waals surface area contributed by atoms with E-state index in [1.807, 2.05) is 0 Å². The number of hydrogen-bond donors (Lipinski definition) is 0. The van der Waals surface area contributed by atoms with Crippen molar-refractivity contribution in [3.8, 4) is 17.2 Å². The van der Waals surface area contributed by atoms with Gasteiger partial charge in [0.1, 0.15) is 5.75 Å². The number of nitro groups is 1. The van der Waals surface area contributed by atoms with Crippen molar-refractivity contribution in [1.82, 2.24) is 0 Å². The van der Waals surface area contributed by atoms with E-state index in [1.54, 1.807) is 30.3 Å². The Morgan fingerprint density at radius 3 is 2.79 bits per heavy atom. The van der Waals surface area contributed by atoms with Gasteiger partial charge in [-0.05, 0) is 36.4 Å². The minimum absolute atomic E-state index is 0.108. The predicted molar refractivity (Wildman–Crippen MR) is 87.7 cm³/mol. The number of esters is 1. The lowest BCUT2D eigenvalue weighted by Gasteiger charge is -2.08. The molecule has 0 fully saturated rings. The van der Waals surface area contributed by atoms with Gasteiger partial charge in [0.05, 0.1) is 10.5 Å². The van der Waals surface area contributed by atoms with Crippen LogP contribution in [0.4, 0.5) is 0 Å². The molecule has 0 amide bonds. The molecule has 2 aromatic carbocycles. The van der Waals surface area contributed by atoms with Crippen LogP contribution >= 0.6 is 15.9 Å². The zero-order valence-corrected chi connectivity index (χ0v) is 13.7. The molecule has 0 aliphatic carbocycles. The van der Waals surface area contributed by atoms with E-state index in [0.29, 0.717) is 21.5 Å². The molecule has 3 rings (SSSR count). The van der Waals surface area contributed by atoms with Gasteiger partial charge in [0, 0.05) is 16.1 Å². The second-order valence-corrected chi connectivity index (χ2v) is 5.66. The molecule has 0 aromatic heterocycles. The van der Waals surface area contributed by atoms with E-state index >= 15 is 0 Å². The average Bonchev–Trinajstić information content (AvgIpc) is 3.02. The van der Waals surface area contributed by atoms with Gasteiger partial charge in [-0.1, -0.05) is 15.9 Å². The minimum atomic E-state index is -0.605. The number of carbonyl (C=O) groups excluding carboxylic acids is 1. The number of hydrogen-bond acceptors (Lipinski definition) is 6. The smallest absolute Gasteiger partial charge is 0.343 e. The third kappa shape index (κ3) is 3.54. The summed E-state index contributed by atoms with van der Waals surface area (Å²) in [6.45, 7) is 0.108. The summed E-state index contributed by atoms with van der Waals surface area (Å²) in [6.07, 6.45) is 2.03. The predicted octanol–water partition coefficient (Wildman–Crippen LogP) is 3.64. The average molecular weight is 392 g/mol. The Balaban J connectivity index is 1.85. The number of carbonyl (C=O) groups is 1. The molecule has 122 valence electrons. The molecule has 0 spiro atoms. The number of nitrogens with zero attached hydrogens (tertiary/aromatic N) is 1. The molecule has 0 bridgehead atoms. The van der Waals surface area contributed by atoms with Crippen molar-refractivity contribution in [2.24, 2.45) is 0 Å². The first-order valence-electron chi connectivity index (χ1n) is 6.76. The summed E-state index contributed by atoms with van der Waals surface area (Å²) in [5.41, 5.74) is 0.682. The third-order valence-corrected chi connectivity index (χ3v) is 3.65. The number of halogens is 1. The fourth-order valence-corrected chi connectivity index (χ4v) is 2.44. The maximum atomic E-state index is 12.3. The minimum Gasteiger partial charge on any atom is -0.454 e. The van der Waals surface area contributed by atoms with E-state index < -0.39 is 10.9 Å². The molecule has 24 heavy (non-hydrogen) atoms. The number of fused-ring (bicyclic) bond motifs is 1. The van der Waals surface area contributed by atoms with E-state index in [1.165, 1.54) is 12.1 Å². The lowest BCUT2D eigenvalue weighted by atomic mass is 10.2. The van der Waals surface area contributed by atoms with Crippen molar-refractivity contribution >= 4 is 28.0 Å². The maximum Gasteiger partial charge on any atom is 0.343 e. The first-order valence-corrected chi connectivity index (χ1v) is 7.55. The summed E-state index contributed by atoms with van der Waals surface area (Å²) in [6, 6.07) is 9.54. The van der Waals surface area contributed by atoms with Gasteiger partial charge in [0.2, 0.25) is 13.0 Å². The van der Waals surface area contributed by atoms with E-state index in [9.17, 15) is 14.9 Å². The Morgan fingerprint density at radius 1 is 1.21 bits per heavy atom. The van der Waals surface area contributed by atoms with Crippen molar-refractivity contribution in [1.29, 1.82) is 0 Å². The fraction of sp³-hybridized carbons (Fsp3) is 0.0625. The fourth-order valence-electron chi connectivity index (χ4n) is 2.07. The van der Waals surface area contributed by atoms with Gasteiger partial charge in [-0.2, -0.15) is 0 Å². The zero-order chi connectivity index (χ0) is 17.1. The lowest BCUT2D eigenvalue weighted by molar-refractivity contribution is -0.400. The van der Waals surface area contributed by atoms with Crippen LogP contribution in [0.3, 0.4) is 0 Å². The second-order valence-electron chi connectivity index (χ2n) is 4.74. The topological polar surface area (TPSA) is 87.9 Å². The normalized spacial score (nSPS) is 12.4. The molecule has 0 saturated carbocycles. The van der Waals surface area contributed by atoms with Crippen LogP contribution in [0, 0.1) is 10.1 Å². The zero-order valence-electron chi connectivity index (χ0n) is 12.1. The van der Waals surface area contributed by atoms with E-state index in [-0.39, 0.29) is 18.1 Å². The number of rotatable bonds is 4. The number of ether oxygens (including phenoxy) is 3.